The first kappa shape index (κ1) is 16.7. The molecule has 2 rings (SSSR count). The van der Waals surface area contributed by atoms with Gasteiger partial charge in [0.2, 0.25) is 5.91 Å². The molecule has 0 unspecified atom stereocenters. The summed E-state index contributed by atoms with van der Waals surface area (Å²) in [5.74, 6) is -0.0754. The molecule has 1 fully saturated rings. The third-order valence-electron chi connectivity index (χ3n) is 3.62. The number of rotatable bonds is 6. The van der Waals surface area contributed by atoms with E-state index in [-0.39, 0.29) is 5.91 Å². The van der Waals surface area contributed by atoms with Gasteiger partial charge in [0.05, 0.1) is 18.3 Å². The molecule has 1 N–H and O–H groups in total. The first-order chi connectivity index (χ1) is 10.6. The van der Waals surface area contributed by atoms with Crippen molar-refractivity contribution in [2.24, 2.45) is 5.92 Å². The van der Waals surface area contributed by atoms with Gasteiger partial charge >= 0.3 is 5.97 Å². The van der Waals surface area contributed by atoms with Crippen LogP contribution in [0.15, 0.2) is 29.2 Å². The molecule has 22 heavy (non-hydrogen) atoms. The van der Waals surface area contributed by atoms with Crippen molar-refractivity contribution in [2.75, 3.05) is 25.4 Å². The zero-order valence-electron chi connectivity index (χ0n) is 12.7. The highest BCUT2D eigenvalue weighted by atomic mass is 32.2. The van der Waals surface area contributed by atoms with Crippen LogP contribution >= 0.6 is 11.8 Å². The Morgan fingerprint density at radius 2 is 2.09 bits per heavy atom. The molecule has 1 amide bonds. The molecule has 1 aliphatic heterocycles. The molecule has 120 valence electrons. The smallest absolute Gasteiger partial charge is 0.308 e. The van der Waals surface area contributed by atoms with E-state index >= 15 is 0 Å². The Bertz CT molecular complexity index is 517. The molecular weight excluding hydrogens is 302 g/mol. The van der Waals surface area contributed by atoms with E-state index in [1.165, 1.54) is 11.8 Å². The van der Waals surface area contributed by atoms with E-state index in [0.717, 1.165) is 17.1 Å². The lowest BCUT2D eigenvalue weighted by molar-refractivity contribution is -0.145. The number of benzene rings is 1. The van der Waals surface area contributed by atoms with Crippen molar-refractivity contribution >= 4 is 23.6 Å². The number of aliphatic carboxylic acids is 1. The fourth-order valence-corrected chi connectivity index (χ4v) is 3.24. The van der Waals surface area contributed by atoms with Crippen LogP contribution in [0, 0.1) is 5.92 Å². The minimum Gasteiger partial charge on any atom is -0.494 e. The first-order valence-electron chi connectivity index (χ1n) is 7.46. The summed E-state index contributed by atoms with van der Waals surface area (Å²) in [4.78, 5) is 25.9. The van der Waals surface area contributed by atoms with Gasteiger partial charge in [0, 0.05) is 18.0 Å². The largest absolute Gasteiger partial charge is 0.494 e. The number of thioether (sulfide) groups is 1. The third kappa shape index (κ3) is 4.66. The number of hydrogen-bond acceptors (Lipinski definition) is 4. The quantitative estimate of drug-likeness (QED) is 0.815. The van der Waals surface area contributed by atoms with Crippen LogP contribution in [-0.4, -0.2) is 47.3 Å². The van der Waals surface area contributed by atoms with Gasteiger partial charge in [0.25, 0.3) is 0 Å². The molecule has 0 aromatic heterocycles. The summed E-state index contributed by atoms with van der Waals surface area (Å²) >= 11 is 1.46. The second-order valence-electron chi connectivity index (χ2n) is 5.21. The predicted molar refractivity (Wildman–Crippen MR) is 85.3 cm³/mol. The summed E-state index contributed by atoms with van der Waals surface area (Å²) in [5, 5.41) is 9.06. The second-order valence-corrected chi connectivity index (χ2v) is 6.26. The van der Waals surface area contributed by atoms with Gasteiger partial charge in [0.1, 0.15) is 5.75 Å². The van der Waals surface area contributed by atoms with Crippen molar-refractivity contribution in [1.29, 1.82) is 0 Å². The number of piperidine rings is 1. The molecule has 6 heteroatoms. The van der Waals surface area contributed by atoms with Crippen molar-refractivity contribution < 1.29 is 19.4 Å². The summed E-state index contributed by atoms with van der Waals surface area (Å²) in [6.45, 7) is 3.56. The van der Waals surface area contributed by atoms with E-state index in [2.05, 4.69) is 0 Å². The number of ether oxygens (including phenoxy) is 1. The monoisotopic (exact) mass is 323 g/mol. The Balaban J connectivity index is 1.83. The zero-order chi connectivity index (χ0) is 15.9. The lowest BCUT2D eigenvalue weighted by Gasteiger charge is -2.30. The molecule has 0 saturated carbocycles. The van der Waals surface area contributed by atoms with Crippen LogP contribution in [0.25, 0.3) is 0 Å². The molecule has 1 heterocycles. The Morgan fingerprint density at radius 3 is 2.73 bits per heavy atom. The number of amides is 1. The maximum Gasteiger partial charge on any atom is 0.308 e. The fourth-order valence-electron chi connectivity index (χ4n) is 2.44. The van der Waals surface area contributed by atoms with Gasteiger partial charge in [-0.3, -0.25) is 9.59 Å². The van der Waals surface area contributed by atoms with Crippen molar-refractivity contribution in [2.45, 2.75) is 24.7 Å². The molecule has 5 nitrogen and oxygen atoms in total. The zero-order valence-corrected chi connectivity index (χ0v) is 13.5. The minimum atomic E-state index is -0.809. The van der Waals surface area contributed by atoms with Gasteiger partial charge in [-0.25, -0.2) is 0 Å². The molecule has 0 aliphatic carbocycles. The van der Waals surface area contributed by atoms with Crippen LogP contribution in [0.3, 0.4) is 0 Å². The highest BCUT2D eigenvalue weighted by molar-refractivity contribution is 8.00. The third-order valence-corrected chi connectivity index (χ3v) is 4.62. The van der Waals surface area contributed by atoms with E-state index < -0.39 is 11.9 Å². The molecule has 1 aliphatic rings. The molecule has 1 aromatic rings. The number of carbonyl (C=O) groups is 2. The first-order valence-corrected chi connectivity index (χ1v) is 8.45. The second kappa shape index (κ2) is 8.08. The van der Waals surface area contributed by atoms with Gasteiger partial charge in [-0.1, -0.05) is 0 Å². The van der Waals surface area contributed by atoms with E-state index in [0.29, 0.717) is 31.9 Å². The average molecular weight is 323 g/mol. The molecule has 1 atom stereocenters. The number of carbonyl (C=O) groups excluding carboxylic acids is 1. The number of nitrogens with zero attached hydrogens (tertiary/aromatic N) is 1. The van der Waals surface area contributed by atoms with Crippen molar-refractivity contribution in [3.63, 3.8) is 0 Å². The Morgan fingerprint density at radius 1 is 1.36 bits per heavy atom. The van der Waals surface area contributed by atoms with Crippen molar-refractivity contribution in [3.05, 3.63) is 24.3 Å². The summed E-state index contributed by atoms with van der Waals surface area (Å²) < 4.78 is 5.38. The Kier molecular flexibility index (Phi) is 6.12. The molecule has 0 radical (unpaired) electrons. The molecule has 0 bridgehead atoms. The minimum absolute atomic E-state index is 0.00448. The number of carboxylic acids is 1. The average Bonchev–Trinajstić information content (AvgIpc) is 2.54. The Hall–Kier alpha value is -1.69. The molecule has 0 spiro atoms. The van der Waals surface area contributed by atoms with Crippen LogP contribution in [0.5, 0.6) is 5.75 Å². The maximum atomic E-state index is 12.2. The van der Waals surface area contributed by atoms with E-state index in [4.69, 9.17) is 9.84 Å². The van der Waals surface area contributed by atoms with E-state index in [1.807, 2.05) is 31.2 Å². The van der Waals surface area contributed by atoms with Crippen LogP contribution in [0.2, 0.25) is 0 Å². The van der Waals surface area contributed by atoms with Crippen LogP contribution < -0.4 is 4.74 Å². The molecular formula is C16H21NO4S. The topological polar surface area (TPSA) is 66.8 Å². The lowest BCUT2D eigenvalue weighted by atomic mass is 9.98. The lowest BCUT2D eigenvalue weighted by Crippen LogP contribution is -2.43. The maximum absolute atomic E-state index is 12.2. The standard InChI is InChI=1S/C16H21NO4S/c1-2-21-13-5-7-14(8-6-13)22-11-15(18)17-9-3-4-12(10-17)16(19)20/h5-8,12H,2-4,9-11H2,1H3,(H,19,20)/t12-/m0/s1. The summed E-state index contributed by atoms with van der Waals surface area (Å²) in [6.07, 6.45) is 1.42. The van der Waals surface area contributed by atoms with Crippen LogP contribution in [0.4, 0.5) is 0 Å². The SMILES string of the molecule is CCOc1ccc(SCC(=O)N2CCC[C@H](C(=O)O)C2)cc1. The summed E-state index contributed by atoms with van der Waals surface area (Å²) in [7, 11) is 0. The van der Waals surface area contributed by atoms with Gasteiger partial charge < -0.3 is 14.7 Å². The van der Waals surface area contributed by atoms with Crippen LogP contribution in [-0.2, 0) is 9.59 Å². The highest BCUT2D eigenvalue weighted by Gasteiger charge is 2.27. The summed E-state index contributed by atoms with van der Waals surface area (Å²) in [5.41, 5.74) is 0. The fraction of sp³-hybridized carbons (Fsp3) is 0.500. The molecule has 1 saturated heterocycles. The van der Waals surface area contributed by atoms with Gasteiger partial charge in [0.15, 0.2) is 0 Å². The van der Waals surface area contributed by atoms with Gasteiger partial charge in [-0.05, 0) is 44.0 Å². The van der Waals surface area contributed by atoms with Crippen molar-refractivity contribution in [1.82, 2.24) is 4.90 Å². The molecule has 1 aromatic carbocycles. The van der Waals surface area contributed by atoms with Gasteiger partial charge in [-0.15, -0.1) is 11.8 Å². The highest BCUT2D eigenvalue weighted by Crippen LogP contribution is 2.23. The number of hydrogen-bond donors (Lipinski definition) is 1. The predicted octanol–water partition coefficient (Wildman–Crippen LogP) is 2.50. The van der Waals surface area contributed by atoms with Crippen molar-refractivity contribution in [3.8, 4) is 5.75 Å². The summed E-state index contributed by atoms with van der Waals surface area (Å²) in [6, 6.07) is 7.63. The van der Waals surface area contributed by atoms with E-state index in [1.54, 1.807) is 4.90 Å². The Labute approximate surface area is 134 Å². The van der Waals surface area contributed by atoms with E-state index in [9.17, 15) is 9.59 Å². The van der Waals surface area contributed by atoms with Crippen LogP contribution in [0.1, 0.15) is 19.8 Å². The number of carboxylic acid groups (broad SMARTS) is 1. The number of likely N-dealkylation sites (tertiary alicyclic amines) is 1. The normalized spacial score (nSPS) is 18.0. The van der Waals surface area contributed by atoms with Gasteiger partial charge in [-0.2, -0.15) is 0 Å².